The molecule has 0 aliphatic carbocycles. The van der Waals surface area contributed by atoms with Gasteiger partial charge in [0.25, 0.3) is 5.69 Å². The van der Waals surface area contributed by atoms with Gasteiger partial charge in [-0.15, -0.1) is 0 Å². The summed E-state index contributed by atoms with van der Waals surface area (Å²) in [5.74, 6) is 0. The number of nitrogens with zero attached hydrogens (tertiary/aromatic N) is 1. The predicted molar refractivity (Wildman–Crippen MR) is 68.7 cm³/mol. The van der Waals surface area contributed by atoms with Crippen LogP contribution in [0.25, 0.3) is 11.1 Å². The molecular formula is C14H11NO3. The lowest BCUT2D eigenvalue weighted by Crippen LogP contribution is -1.94. The Kier molecular flexibility index (Phi) is 3.19. The Hall–Kier alpha value is -2.49. The molecule has 0 radical (unpaired) electrons. The summed E-state index contributed by atoms with van der Waals surface area (Å²) in [6, 6.07) is 12.3. The third-order valence-electron chi connectivity index (χ3n) is 2.70. The maximum Gasteiger partial charge on any atom is 0.279 e. The topological polar surface area (TPSA) is 60.2 Å². The molecule has 0 atom stereocenters. The van der Waals surface area contributed by atoms with E-state index in [-0.39, 0.29) is 11.3 Å². The molecule has 0 saturated carbocycles. The van der Waals surface area contributed by atoms with Crippen molar-refractivity contribution in [2.24, 2.45) is 0 Å². The Morgan fingerprint density at radius 3 is 2.44 bits per heavy atom. The van der Waals surface area contributed by atoms with Gasteiger partial charge in [-0.25, -0.2) is 0 Å². The number of rotatable bonds is 3. The van der Waals surface area contributed by atoms with Gasteiger partial charge in [-0.2, -0.15) is 0 Å². The highest BCUT2D eigenvalue weighted by atomic mass is 16.6. The Labute approximate surface area is 104 Å². The molecule has 90 valence electrons. The van der Waals surface area contributed by atoms with Crippen LogP contribution >= 0.6 is 0 Å². The third-order valence-corrected chi connectivity index (χ3v) is 2.70. The van der Waals surface area contributed by atoms with Crippen molar-refractivity contribution in [3.05, 3.63) is 63.7 Å². The summed E-state index contributed by atoms with van der Waals surface area (Å²) in [6.07, 6.45) is 0.511. The van der Waals surface area contributed by atoms with Gasteiger partial charge in [-0.1, -0.05) is 29.8 Å². The molecule has 2 rings (SSSR count). The van der Waals surface area contributed by atoms with Gasteiger partial charge < -0.3 is 0 Å². The van der Waals surface area contributed by atoms with E-state index in [1.807, 2.05) is 31.2 Å². The first-order valence-electron chi connectivity index (χ1n) is 5.42. The van der Waals surface area contributed by atoms with E-state index in [4.69, 9.17) is 0 Å². The number of nitro groups is 1. The molecule has 2 aromatic carbocycles. The molecule has 0 aromatic heterocycles. The van der Waals surface area contributed by atoms with Crippen molar-refractivity contribution < 1.29 is 9.72 Å². The lowest BCUT2D eigenvalue weighted by Gasteiger charge is -2.04. The van der Waals surface area contributed by atoms with Gasteiger partial charge in [0.1, 0.15) is 0 Å². The SMILES string of the molecule is Cc1cccc(-c2ccc([N+](=O)[O-])c(C=O)c2)c1. The minimum Gasteiger partial charge on any atom is -0.298 e. The average Bonchev–Trinajstić information content (AvgIpc) is 2.37. The zero-order valence-electron chi connectivity index (χ0n) is 9.79. The van der Waals surface area contributed by atoms with E-state index in [1.54, 1.807) is 12.1 Å². The lowest BCUT2D eigenvalue weighted by atomic mass is 10.0. The van der Waals surface area contributed by atoms with Gasteiger partial charge in [-0.05, 0) is 30.2 Å². The fraction of sp³-hybridized carbons (Fsp3) is 0.0714. The molecule has 18 heavy (non-hydrogen) atoms. The number of carbonyl (C=O) groups is 1. The minimum absolute atomic E-state index is 0.0963. The molecule has 0 amide bonds. The zero-order chi connectivity index (χ0) is 13.1. The first-order valence-corrected chi connectivity index (χ1v) is 5.42. The molecule has 0 saturated heterocycles. The zero-order valence-corrected chi connectivity index (χ0v) is 9.79. The van der Waals surface area contributed by atoms with E-state index in [2.05, 4.69) is 0 Å². The van der Waals surface area contributed by atoms with Gasteiger partial charge in [-0.3, -0.25) is 14.9 Å². The lowest BCUT2D eigenvalue weighted by molar-refractivity contribution is -0.385. The van der Waals surface area contributed by atoms with Crippen LogP contribution in [0.4, 0.5) is 5.69 Å². The van der Waals surface area contributed by atoms with Crippen LogP contribution in [0.3, 0.4) is 0 Å². The van der Waals surface area contributed by atoms with E-state index < -0.39 is 4.92 Å². The summed E-state index contributed by atoms with van der Waals surface area (Å²) in [5.41, 5.74) is 2.76. The molecule has 0 aliphatic heterocycles. The Morgan fingerprint density at radius 2 is 1.83 bits per heavy atom. The van der Waals surface area contributed by atoms with Crippen LogP contribution in [0.5, 0.6) is 0 Å². The van der Waals surface area contributed by atoms with Crippen LogP contribution in [-0.2, 0) is 0 Å². The minimum atomic E-state index is -0.552. The highest BCUT2D eigenvalue weighted by molar-refractivity contribution is 5.84. The van der Waals surface area contributed by atoms with Crippen LogP contribution in [-0.4, -0.2) is 11.2 Å². The summed E-state index contributed by atoms with van der Waals surface area (Å²) >= 11 is 0. The molecule has 0 spiro atoms. The fourth-order valence-electron chi connectivity index (χ4n) is 1.82. The Balaban J connectivity index is 2.54. The molecule has 0 N–H and O–H groups in total. The van der Waals surface area contributed by atoms with Gasteiger partial charge in [0, 0.05) is 6.07 Å². The second kappa shape index (κ2) is 4.79. The summed E-state index contributed by atoms with van der Waals surface area (Å²) < 4.78 is 0. The largest absolute Gasteiger partial charge is 0.298 e. The highest BCUT2D eigenvalue weighted by Crippen LogP contribution is 2.26. The number of benzene rings is 2. The van der Waals surface area contributed by atoms with E-state index in [0.717, 1.165) is 16.7 Å². The van der Waals surface area contributed by atoms with Crippen molar-refractivity contribution in [3.8, 4) is 11.1 Å². The predicted octanol–water partition coefficient (Wildman–Crippen LogP) is 3.38. The molecule has 4 nitrogen and oxygen atoms in total. The quantitative estimate of drug-likeness (QED) is 0.470. The molecular weight excluding hydrogens is 230 g/mol. The first kappa shape index (κ1) is 12.0. The normalized spacial score (nSPS) is 10.1. The van der Waals surface area contributed by atoms with E-state index in [1.165, 1.54) is 6.07 Å². The van der Waals surface area contributed by atoms with Crippen LogP contribution in [0.15, 0.2) is 42.5 Å². The summed E-state index contributed by atoms with van der Waals surface area (Å²) in [7, 11) is 0. The van der Waals surface area contributed by atoms with Crippen LogP contribution < -0.4 is 0 Å². The number of aryl methyl sites for hydroxylation is 1. The second-order valence-electron chi connectivity index (χ2n) is 4.02. The maximum absolute atomic E-state index is 10.9. The number of hydrogen-bond donors (Lipinski definition) is 0. The standard InChI is InChI=1S/C14H11NO3/c1-10-3-2-4-11(7-10)12-5-6-14(15(17)18)13(8-12)9-16/h2-9H,1H3. The van der Waals surface area contributed by atoms with Crippen molar-refractivity contribution in [3.63, 3.8) is 0 Å². The van der Waals surface area contributed by atoms with Crippen LogP contribution in [0, 0.1) is 17.0 Å². The van der Waals surface area contributed by atoms with Gasteiger partial charge in [0.05, 0.1) is 10.5 Å². The van der Waals surface area contributed by atoms with E-state index >= 15 is 0 Å². The second-order valence-corrected chi connectivity index (χ2v) is 4.02. The molecule has 0 aliphatic rings. The van der Waals surface area contributed by atoms with Crippen molar-refractivity contribution >= 4 is 12.0 Å². The molecule has 0 fully saturated rings. The summed E-state index contributed by atoms with van der Waals surface area (Å²) in [5, 5.41) is 10.7. The molecule has 2 aromatic rings. The molecule has 4 heteroatoms. The monoisotopic (exact) mass is 241 g/mol. The van der Waals surface area contributed by atoms with Gasteiger partial charge in [0.2, 0.25) is 0 Å². The smallest absolute Gasteiger partial charge is 0.279 e. The number of nitro benzene ring substituents is 1. The number of aldehydes is 1. The van der Waals surface area contributed by atoms with Crippen molar-refractivity contribution in [1.82, 2.24) is 0 Å². The average molecular weight is 241 g/mol. The number of carbonyl (C=O) groups excluding carboxylic acids is 1. The van der Waals surface area contributed by atoms with Crippen LogP contribution in [0.1, 0.15) is 15.9 Å². The third kappa shape index (κ3) is 2.27. The van der Waals surface area contributed by atoms with E-state index in [9.17, 15) is 14.9 Å². The van der Waals surface area contributed by atoms with Gasteiger partial charge in [0.15, 0.2) is 6.29 Å². The summed E-state index contributed by atoms with van der Waals surface area (Å²) in [4.78, 5) is 21.1. The highest BCUT2D eigenvalue weighted by Gasteiger charge is 2.13. The first-order chi connectivity index (χ1) is 8.61. The van der Waals surface area contributed by atoms with E-state index in [0.29, 0.717) is 6.29 Å². The molecule has 0 unspecified atom stereocenters. The number of hydrogen-bond acceptors (Lipinski definition) is 3. The van der Waals surface area contributed by atoms with Crippen molar-refractivity contribution in [2.75, 3.05) is 0 Å². The molecule has 0 heterocycles. The Morgan fingerprint density at radius 1 is 1.11 bits per heavy atom. The Bertz CT molecular complexity index is 620. The summed E-state index contributed by atoms with van der Waals surface area (Å²) in [6.45, 7) is 1.97. The van der Waals surface area contributed by atoms with Crippen LogP contribution in [0.2, 0.25) is 0 Å². The fourth-order valence-corrected chi connectivity index (χ4v) is 1.82. The van der Waals surface area contributed by atoms with Crippen molar-refractivity contribution in [2.45, 2.75) is 6.92 Å². The van der Waals surface area contributed by atoms with Crippen molar-refractivity contribution in [1.29, 1.82) is 0 Å². The van der Waals surface area contributed by atoms with Gasteiger partial charge >= 0.3 is 0 Å². The molecule has 0 bridgehead atoms. The maximum atomic E-state index is 10.9.